The topological polar surface area (TPSA) is 29.3 Å². The first-order valence-corrected chi connectivity index (χ1v) is 5.16. The molecule has 0 amide bonds. The zero-order valence-corrected chi connectivity index (χ0v) is 8.42. The lowest BCUT2D eigenvalue weighted by atomic mass is 10.00. The average Bonchev–Trinajstić information content (AvgIpc) is 2.01. The highest BCUT2D eigenvalue weighted by Crippen LogP contribution is 2.15. The molecule has 0 aliphatic carbocycles. The third-order valence-corrected chi connectivity index (χ3v) is 2.64. The molecule has 1 fully saturated rings. The van der Waals surface area contributed by atoms with E-state index in [9.17, 15) is 0 Å². The van der Waals surface area contributed by atoms with E-state index in [1.165, 1.54) is 32.5 Å². The number of rotatable bonds is 3. The molecule has 0 spiro atoms. The van der Waals surface area contributed by atoms with E-state index >= 15 is 0 Å². The van der Waals surface area contributed by atoms with Crippen LogP contribution in [-0.4, -0.2) is 30.6 Å². The molecule has 1 aliphatic heterocycles. The summed E-state index contributed by atoms with van der Waals surface area (Å²) >= 11 is 0. The molecule has 0 unspecified atom stereocenters. The molecule has 2 nitrogen and oxygen atoms in total. The highest BCUT2D eigenvalue weighted by Gasteiger charge is 2.15. The Kier molecular flexibility index (Phi) is 4.02. The third-order valence-electron chi connectivity index (χ3n) is 2.64. The summed E-state index contributed by atoms with van der Waals surface area (Å²) in [7, 11) is 0. The van der Waals surface area contributed by atoms with E-state index in [0.717, 1.165) is 12.3 Å². The molecule has 1 saturated heterocycles. The van der Waals surface area contributed by atoms with Crippen LogP contribution in [0.3, 0.4) is 0 Å². The summed E-state index contributed by atoms with van der Waals surface area (Å²) in [5.74, 6) is 0.895. The first-order valence-electron chi connectivity index (χ1n) is 5.16. The van der Waals surface area contributed by atoms with Gasteiger partial charge in [-0.15, -0.1) is 0 Å². The molecule has 2 atom stereocenters. The smallest absolute Gasteiger partial charge is 0.00226 e. The fraction of sp³-hybridized carbons (Fsp3) is 1.00. The summed E-state index contributed by atoms with van der Waals surface area (Å²) < 4.78 is 0. The van der Waals surface area contributed by atoms with Gasteiger partial charge in [-0.05, 0) is 45.2 Å². The predicted octanol–water partition coefficient (Wildman–Crippen LogP) is 1.46. The molecule has 0 saturated carbocycles. The molecular weight excluding hydrogens is 148 g/mol. The zero-order chi connectivity index (χ0) is 8.97. The van der Waals surface area contributed by atoms with E-state index in [2.05, 4.69) is 18.7 Å². The van der Waals surface area contributed by atoms with Crippen molar-refractivity contribution in [3.8, 4) is 0 Å². The maximum atomic E-state index is 5.72. The van der Waals surface area contributed by atoms with Gasteiger partial charge in [-0.3, -0.25) is 0 Å². The second kappa shape index (κ2) is 4.83. The summed E-state index contributed by atoms with van der Waals surface area (Å²) in [5.41, 5.74) is 5.72. The number of hydrogen-bond acceptors (Lipinski definition) is 2. The minimum Gasteiger partial charge on any atom is -0.328 e. The molecule has 1 rings (SSSR count). The Bertz CT molecular complexity index is 123. The average molecular weight is 170 g/mol. The van der Waals surface area contributed by atoms with Crippen molar-refractivity contribution in [1.29, 1.82) is 0 Å². The van der Waals surface area contributed by atoms with Crippen LogP contribution in [0.25, 0.3) is 0 Å². The molecule has 0 aromatic rings. The molecule has 12 heavy (non-hydrogen) atoms. The van der Waals surface area contributed by atoms with Crippen molar-refractivity contribution in [2.45, 2.75) is 39.2 Å². The van der Waals surface area contributed by atoms with E-state index in [0.29, 0.717) is 6.04 Å². The quantitative estimate of drug-likeness (QED) is 0.694. The van der Waals surface area contributed by atoms with E-state index in [4.69, 9.17) is 5.73 Å². The number of hydrogen-bond donors (Lipinski definition) is 1. The van der Waals surface area contributed by atoms with Gasteiger partial charge in [0, 0.05) is 12.6 Å². The zero-order valence-electron chi connectivity index (χ0n) is 8.42. The maximum Gasteiger partial charge on any atom is 0.00226 e. The van der Waals surface area contributed by atoms with Crippen LogP contribution in [-0.2, 0) is 0 Å². The van der Waals surface area contributed by atoms with Crippen molar-refractivity contribution in [3.63, 3.8) is 0 Å². The second-order valence-electron chi connectivity index (χ2n) is 4.31. The molecule has 2 heteroatoms. The molecule has 1 aliphatic rings. The second-order valence-corrected chi connectivity index (χ2v) is 4.31. The Morgan fingerprint density at radius 3 is 2.92 bits per heavy atom. The Hall–Kier alpha value is -0.0800. The number of nitrogens with zero attached hydrogens (tertiary/aromatic N) is 1. The molecule has 0 aromatic carbocycles. The number of piperidine rings is 1. The van der Waals surface area contributed by atoms with Crippen molar-refractivity contribution in [3.05, 3.63) is 0 Å². The Morgan fingerprint density at radius 2 is 2.33 bits per heavy atom. The van der Waals surface area contributed by atoms with Crippen molar-refractivity contribution in [2.24, 2.45) is 11.7 Å². The van der Waals surface area contributed by atoms with Gasteiger partial charge in [0.05, 0.1) is 0 Å². The van der Waals surface area contributed by atoms with Crippen LogP contribution in [0.1, 0.15) is 33.1 Å². The molecular formula is C10H22N2. The van der Waals surface area contributed by atoms with E-state index < -0.39 is 0 Å². The Balaban J connectivity index is 2.14. The lowest BCUT2D eigenvalue weighted by molar-refractivity contribution is 0.179. The van der Waals surface area contributed by atoms with Crippen LogP contribution in [0.5, 0.6) is 0 Å². The SMILES string of the molecule is C[C@@H]1CCCN(CC[C@@H](C)N)C1. The van der Waals surface area contributed by atoms with E-state index in [-0.39, 0.29) is 0 Å². The first-order chi connectivity index (χ1) is 5.68. The standard InChI is InChI=1S/C10H22N2/c1-9-4-3-6-12(8-9)7-5-10(2)11/h9-10H,3-8,11H2,1-2H3/t9-,10-/m1/s1. The van der Waals surface area contributed by atoms with Crippen molar-refractivity contribution in [2.75, 3.05) is 19.6 Å². The van der Waals surface area contributed by atoms with Crippen LogP contribution < -0.4 is 5.73 Å². The van der Waals surface area contributed by atoms with Gasteiger partial charge in [0.2, 0.25) is 0 Å². The Labute approximate surface area is 76.1 Å². The highest BCUT2D eigenvalue weighted by molar-refractivity contribution is 4.70. The third kappa shape index (κ3) is 3.55. The fourth-order valence-corrected chi connectivity index (χ4v) is 1.88. The monoisotopic (exact) mass is 170 g/mol. The number of likely N-dealkylation sites (tertiary alicyclic amines) is 1. The predicted molar refractivity (Wildman–Crippen MR) is 53.1 cm³/mol. The molecule has 0 radical (unpaired) electrons. The number of nitrogens with two attached hydrogens (primary N) is 1. The minimum absolute atomic E-state index is 0.363. The summed E-state index contributed by atoms with van der Waals surface area (Å²) in [5, 5.41) is 0. The van der Waals surface area contributed by atoms with Gasteiger partial charge in [0.25, 0.3) is 0 Å². The minimum atomic E-state index is 0.363. The van der Waals surface area contributed by atoms with Crippen molar-refractivity contribution >= 4 is 0 Å². The van der Waals surface area contributed by atoms with Gasteiger partial charge < -0.3 is 10.6 Å². The molecule has 2 N–H and O–H groups in total. The van der Waals surface area contributed by atoms with Gasteiger partial charge in [-0.1, -0.05) is 6.92 Å². The van der Waals surface area contributed by atoms with Gasteiger partial charge in [-0.25, -0.2) is 0 Å². The summed E-state index contributed by atoms with van der Waals surface area (Å²) in [4.78, 5) is 2.55. The lowest BCUT2D eigenvalue weighted by Crippen LogP contribution is -2.36. The van der Waals surface area contributed by atoms with Gasteiger partial charge in [0.15, 0.2) is 0 Å². The largest absolute Gasteiger partial charge is 0.328 e. The summed E-state index contributed by atoms with van der Waals surface area (Å²) in [6, 6.07) is 0.363. The maximum absolute atomic E-state index is 5.72. The van der Waals surface area contributed by atoms with Crippen LogP contribution in [0, 0.1) is 5.92 Å². The van der Waals surface area contributed by atoms with Crippen LogP contribution in [0.4, 0.5) is 0 Å². The normalized spacial score (nSPS) is 28.8. The first kappa shape index (κ1) is 10.0. The van der Waals surface area contributed by atoms with Crippen LogP contribution >= 0.6 is 0 Å². The molecule has 0 bridgehead atoms. The summed E-state index contributed by atoms with van der Waals surface area (Å²) in [6.07, 6.45) is 3.93. The highest BCUT2D eigenvalue weighted by atomic mass is 15.1. The molecule has 1 heterocycles. The van der Waals surface area contributed by atoms with Gasteiger partial charge in [0.1, 0.15) is 0 Å². The lowest BCUT2D eigenvalue weighted by Gasteiger charge is -2.31. The molecule has 0 aromatic heterocycles. The van der Waals surface area contributed by atoms with Crippen LogP contribution in [0.15, 0.2) is 0 Å². The molecule has 72 valence electrons. The van der Waals surface area contributed by atoms with E-state index in [1.807, 2.05) is 0 Å². The Morgan fingerprint density at radius 1 is 1.58 bits per heavy atom. The van der Waals surface area contributed by atoms with Crippen molar-refractivity contribution < 1.29 is 0 Å². The fourth-order valence-electron chi connectivity index (χ4n) is 1.88. The van der Waals surface area contributed by atoms with Gasteiger partial charge in [-0.2, -0.15) is 0 Å². The van der Waals surface area contributed by atoms with Crippen molar-refractivity contribution in [1.82, 2.24) is 4.90 Å². The van der Waals surface area contributed by atoms with E-state index in [1.54, 1.807) is 0 Å². The van der Waals surface area contributed by atoms with Gasteiger partial charge >= 0.3 is 0 Å². The van der Waals surface area contributed by atoms with Crippen LogP contribution in [0.2, 0.25) is 0 Å². The summed E-state index contributed by atoms with van der Waals surface area (Å²) in [6.45, 7) is 8.21.